The molecule has 1 aliphatic heterocycles. The standard InChI is InChI=1S/C22H23N3O5/c1-3-30-21(28)18-19(14-7-6-8-15(26)13-14)25-17-10-5-4-9-16(17)23-22(25)24(20(18)27)11-12-29-2/h4-10,13,18-19,26H,3,11-12H2,1-2H3/t18-,19-/m1/s1. The summed E-state index contributed by atoms with van der Waals surface area (Å²) in [7, 11) is 1.55. The Bertz CT molecular complexity index is 1090. The zero-order valence-electron chi connectivity index (χ0n) is 16.8. The number of para-hydroxylation sites is 2. The number of hydrogen-bond donors (Lipinski definition) is 1. The highest BCUT2D eigenvalue weighted by molar-refractivity contribution is 6.08. The molecule has 2 heterocycles. The van der Waals surface area contributed by atoms with Crippen molar-refractivity contribution in [3.05, 3.63) is 54.1 Å². The Morgan fingerprint density at radius 3 is 2.73 bits per heavy atom. The molecule has 1 N–H and O–H groups in total. The van der Waals surface area contributed by atoms with Crippen LogP contribution >= 0.6 is 0 Å². The van der Waals surface area contributed by atoms with Gasteiger partial charge in [-0.3, -0.25) is 14.5 Å². The van der Waals surface area contributed by atoms with Crippen molar-refractivity contribution in [1.82, 2.24) is 9.55 Å². The van der Waals surface area contributed by atoms with Gasteiger partial charge >= 0.3 is 5.97 Å². The number of amides is 1. The number of anilines is 1. The summed E-state index contributed by atoms with van der Waals surface area (Å²) < 4.78 is 12.3. The molecule has 8 nitrogen and oxygen atoms in total. The molecule has 1 aromatic heterocycles. The van der Waals surface area contributed by atoms with Gasteiger partial charge in [0.05, 0.1) is 36.8 Å². The molecule has 0 aliphatic carbocycles. The number of aromatic nitrogens is 2. The van der Waals surface area contributed by atoms with Crippen molar-refractivity contribution in [1.29, 1.82) is 0 Å². The number of carbonyl (C=O) groups excluding carboxylic acids is 2. The number of imidazole rings is 1. The number of methoxy groups -OCH3 is 1. The molecule has 2 atom stereocenters. The van der Waals surface area contributed by atoms with Gasteiger partial charge < -0.3 is 19.1 Å². The second kappa shape index (κ2) is 8.16. The SMILES string of the molecule is CCOC(=O)[C@H]1C(=O)N(CCOC)c2nc3ccccc3n2[C@@H]1c1cccc(O)c1. The van der Waals surface area contributed by atoms with E-state index in [2.05, 4.69) is 4.98 Å². The third kappa shape index (κ3) is 3.29. The van der Waals surface area contributed by atoms with Crippen LogP contribution in [-0.4, -0.2) is 53.4 Å². The van der Waals surface area contributed by atoms with Crippen molar-refractivity contribution in [2.24, 2.45) is 5.92 Å². The second-order valence-electron chi connectivity index (χ2n) is 7.02. The van der Waals surface area contributed by atoms with E-state index < -0.39 is 23.8 Å². The number of rotatable bonds is 6. The molecule has 2 aromatic carbocycles. The third-order valence-electron chi connectivity index (χ3n) is 5.22. The van der Waals surface area contributed by atoms with Gasteiger partial charge in [0.2, 0.25) is 11.9 Å². The Balaban J connectivity index is 1.98. The summed E-state index contributed by atoms with van der Waals surface area (Å²) in [5, 5.41) is 10.1. The maximum Gasteiger partial charge on any atom is 0.321 e. The second-order valence-corrected chi connectivity index (χ2v) is 7.02. The van der Waals surface area contributed by atoms with Crippen LogP contribution < -0.4 is 4.90 Å². The molecule has 3 aromatic rings. The smallest absolute Gasteiger partial charge is 0.321 e. The van der Waals surface area contributed by atoms with Crippen molar-refractivity contribution in [3.63, 3.8) is 0 Å². The lowest BCUT2D eigenvalue weighted by Crippen LogP contribution is -2.51. The molecule has 0 bridgehead atoms. The Kier molecular flexibility index (Phi) is 5.41. The Labute approximate surface area is 173 Å². The third-order valence-corrected chi connectivity index (χ3v) is 5.22. The van der Waals surface area contributed by atoms with E-state index in [4.69, 9.17) is 9.47 Å². The van der Waals surface area contributed by atoms with Crippen LogP contribution in [0.1, 0.15) is 18.5 Å². The van der Waals surface area contributed by atoms with Gasteiger partial charge in [0.15, 0.2) is 5.92 Å². The van der Waals surface area contributed by atoms with Crippen LogP contribution in [0.15, 0.2) is 48.5 Å². The first kappa shape index (κ1) is 19.9. The minimum absolute atomic E-state index is 0.0512. The van der Waals surface area contributed by atoms with Crippen LogP contribution in [0.4, 0.5) is 5.95 Å². The van der Waals surface area contributed by atoms with Gasteiger partial charge in [-0.2, -0.15) is 0 Å². The summed E-state index contributed by atoms with van der Waals surface area (Å²) in [6, 6.07) is 13.4. The fourth-order valence-corrected chi connectivity index (χ4v) is 3.95. The van der Waals surface area contributed by atoms with Gasteiger partial charge in [-0.25, -0.2) is 4.98 Å². The summed E-state index contributed by atoms with van der Waals surface area (Å²) in [5.74, 6) is -1.64. The first-order valence-electron chi connectivity index (χ1n) is 9.79. The van der Waals surface area contributed by atoms with Gasteiger partial charge in [0.1, 0.15) is 5.75 Å². The maximum absolute atomic E-state index is 13.5. The number of benzene rings is 2. The molecule has 0 saturated carbocycles. The van der Waals surface area contributed by atoms with Gasteiger partial charge in [-0.15, -0.1) is 0 Å². The van der Waals surface area contributed by atoms with E-state index in [9.17, 15) is 14.7 Å². The monoisotopic (exact) mass is 409 g/mol. The lowest BCUT2D eigenvalue weighted by Gasteiger charge is -2.37. The molecule has 0 fully saturated rings. The first-order chi connectivity index (χ1) is 14.6. The van der Waals surface area contributed by atoms with Crippen molar-refractivity contribution in [2.75, 3.05) is 31.8 Å². The number of carbonyl (C=O) groups is 2. The molecule has 0 saturated heterocycles. The normalized spacial score (nSPS) is 18.5. The number of fused-ring (bicyclic) bond motifs is 3. The number of aromatic hydroxyl groups is 1. The number of phenolic OH excluding ortho intramolecular Hbond substituents is 1. The maximum atomic E-state index is 13.5. The fraction of sp³-hybridized carbons (Fsp3) is 0.318. The summed E-state index contributed by atoms with van der Waals surface area (Å²) in [6.45, 7) is 2.41. The Morgan fingerprint density at radius 2 is 2.00 bits per heavy atom. The van der Waals surface area contributed by atoms with Crippen molar-refractivity contribution in [3.8, 4) is 5.75 Å². The van der Waals surface area contributed by atoms with Crippen LogP contribution in [0.3, 0.4) is 0 Å². The molecule has 0 spiro atoms. The summed E-state index contributed by atoms with van der Waals surface area (Å²) in [4.78, 5) is 32.6. The number of hydrogen-bond acceptors (Lipinski definition) is 6. The lowest BCUT2D eigenvalue weighted by atomic mass is 9.89. The van der Waals surface area contributed by atoms with E-state index in [1.165, 1.54) is 4.90 Å². The van der Waals surface area contributed by atoms with E-state index in [-0.39, 0.29) is 18.9 Å². The van der Waals surface area contributed by atoms with Crippen molar-refractivity contribution >= 4 is 28.9 Å². The first-order valence-corrected chi connectivity index (χ1v) is 9.79. The Hall–Kier alpha value is -3.39. The summed E-state index contributed by atoms with van der Waals surface area (Å²) in [5.41, 5.74) is 2.11. The number of esters is 1. The highest BCUT2D eigenvalue weighted by Gasteiger charge is 2.47. The molecule has 8 heteroatoms. The zero-order valence-corrected chi connectivity index (χ0v) is 16.8. The van der Waals surface area contributed by atoms with E-state index in [1.54, 1.807) is 38.3 Å². The van der Waals surface area contributed by atoms with E-state index in [1.807, 2.05) is 28.8 Å². The van der Waals surface area contributed by atoms with E-state index >= 15 is 0 Å². The van der Waals surface area contributed by atoms with Crippen LogP contribution in [-0.2, 0) is 19.1 Å². The van der Waals surface area contributed by atoms with Crippen molar-refractivity contribution in [2.45, 2.75) is 13.0 Å². The zero-order chi connectivity index (χ0) is 21.3. The van der Waals surface area contributed by atoms with Gasteiger partial charge in [-0.1, -0.05) is 24.3 Å². The average Bonchev–Trinajstić information content (AvgIpc) is 3.11. The highest BCUT2D eigenvalue weighted by atomic mass is 16.5. The van der Waals surface area contributed by atoms with Gasteiger partial charge in [0, 0.05) is 7.11 Å². The topological polar surface area (TPSA) is 93.9 Å². The molecule has 156 valence electrons. The van der Waals surface area contributed by atoms with Crippen LogP contribution in [0.25, 0.3) is 11.0 Å². The number of ether oxygens (including phenoxy) is 2. The average molecular weight is 409 g/mol. The van der Waals surface area contributed by atoms with Crippen LogP contribution in [0.5, 0.6) is 5.75 Å². The Morgan fingerprint density at radius 1 is 1.20 bits per heavy atom. The molecule has 0 unspecified atom stereocenters. The van der Waals surface area contributed by atoms with Gasteiger partial charge in [0.25, 0.3) is 0 Å². The summed E-state index contributed by atoms with van der Waals surface area (Å²) in [6.07, 6.45) is 0. The van der Waals surface area contributed by atoms with E-state index in [0.717, 1.165) is 5.52 Å². The fourth-order valence-electron chi connectivity index (χ4n) is 3.95. The molecule has 30 heavy (non-hydrogen) atoms. The number of nitrogens with zero attached hydrogens (tertiary/aromatic N) is 3. The minimum atomic E-state index is -1.12. The minimum Gasteiger partial charge on any atom is -0.508 e. The predicted molar refractivity (Wildman–Crippen MR) is 110 cm³/mol. The van der Waals surface area contributed by atoms with E-state index in [0.29, 0.717) is 23.6 Å². The largest absolute Gasteiger partial charge is 0.508 e. The van der Waals surface area contributed by atoms with Crippen molar-refractivity contribution < 1.29 is 24.2 Å². The molecular formula is C22H23N3O5. The molecule has 4 rings (SSSR count). The molecule has 0 radical (unpaired) electrons. The number of phenols is 1. The highest BCUT2D eigenvalue weighted by Crippen LogP contribution is 2.41. The molecule has 1 amide bonds. The van der Waals surface area contributed by atoms with Crippen LogP contribution in [0.2, 0.25) is 0 Å². The summed E-state index contributed by atoms with van der Waals surface area (Å²) >= 11 is 0. The van der Waals surface area contributed by atoms with Gasteiger partial charge in [-0.05, 0) is 36.8 Å². The quantitative estimate of drug-likeness (QED) is 0.497. The lowest BCUT2D eigenvalue weighted by molar-refractivity contribution is -0.153. The molecular weight excluding hydrogens is 386 g/mol. The predicted octanol–water partition coefficient (Wildman–Crippen LogP) is 2.50. The van der Waals surface area contributed by atoms with Crippen LogP contribution in [0, 0.1) is 5.92 Å². The molecule has 1 aliphatic rings.